The Balaban J connectivity index is 1.73. The fourth-order valence-electron chi connectivity index (χ4n) is 2.70. The van der Waals surface area contributed by atoms with E-state index >= 15 is 0 Å². The van der Waals surface area contributed by atoms with E-state index in [1.165, 1.54) is 24.2 Å². The number of thioether (sulfide) groups is 1. The maximum atomic E-state index is 3.70. The maximum Gasteiger partial charge on any atom is 0.0291 e. The lowest BCUT2D eigenvalue weighted by Crippen LogP contribution is -2.39. The Morgan fingerprint density at radius 2 is 2.19 bits per heavy atom. The molecular weight excluding hydrogens is 214 g/mol. The molecule has 86 valence electrons. The van der Waals surface area contributed by atoms with Gasteiger partial charge in [-0.25, -0.2) is 0 Å². The molecule has 1 nitrogen and oxygen atoms in total. The smallest absolute Gasteiger partial charge is 0.0291 e. The van der Waals surface area contributed by atoms with E-state index in [0.717, 1.165) is 23.8 Å². The lowest BCUT2D eigenvalue weighted by atomic mass is 10.0. The second kappa shape index (κ2) is 4.42. The van der Waals surface area contributed by atoms with Crippen LogP contribution in [0.5, 0.6) is 0 Å². The van der Waals surface area contributed by atoms with Crippen LogP contribution in [0.15, 0.2) is 29.2 Å². The molecule has 2 unspecified atom stereocenters. The molecule has 0 radical (unpaired) electrons. The number of hydrogen-bond donors (Lipinski definition) is 1. The minimum Gasteiger partial charge on any atom is -0.313 e. The molecule has 16 heavy (non-hydrogen) atoms. The molecule has 0 bridgehead atoms. The first-order valence-corrected chi connectivity index (χ1v) is 7.24. The van der Waals surface area contributed by atoms with Gasteiger partial charge >= 0.3 is 0 Å². The largest absolute Gasteiger partial charge is 0.313 e. The second-order valence-corrected chi connectivity index (χ2v) is 6.17. The molecule has 2 aliphatic rings. The third kappa shape index (κ3) is 2.01. The first-order valence-electron chi connectivity index (χ1n) is 6.36. The van der Waals surface area contributed by atoms with E-state index < -0.39 is 0 Å². The molecule has 1 fully saturated rings. The molecule has 3 rings (SSSR count). The van der Waals surface area contributed by atoms with Gasteiger partial charge in [0.05, 0.1) is 0 Å². The van der Waals surface area contributed by atoms with Crippen molar-refractivity contribution in [2.45, 2.75) is 42.4 Å². The number of benzene rings is 1. The zero-order chi connectivity index (χ0) is 11.0. The summed E-state index contributed by atoms with van der Waals surface area (Å²) in [5.41, 5.74) is 1.56. The fourth-order valence-corrected chi connectivity index (χ4v) is 4.22. The lowest BCUT2D eigenvalue weighted by Gasteiger charge is -2.23. The highest BCUT2D eigenvalue weighted by Gasteiger charge is 2.38. The molecule has 1 saturated carbocycles. The van der Waals surface area contributed by atoms with E-state index in [1.54, 1.807) is 5.56 Å². The summed E-state index contributed by atoms with van der Waals surface area (Å²) in [6.45, 7) is 3.33. The summed E-state index contributed by atoms with van der Waals surface area (Å²) >= 11 is 2.09. The number of rotatable bonds is 4. The molecule has 1 aromatic carbocycles. The molecule has 1 N–H and O–H groups in total. The molecule has 1 heterocycles. The van der Waals surface area contributed by atoms with E-state index in [-0.39, 0.29) is 0 Å². The van der Waals surface area contributed by atoms with Crippen molar-refractivity contribution in [2.75, 3.05) is 6.54 Å². The summed E-state index contributed by atoms with van der Waals surface area (Å²) in [6.07, 6.45) is 4.13. The van der Waals surface area contributed by atoms with Crippen LogP contribution in [-0.2, 0) is 6.42 Å². The quantitative estimate of drug-likeness (QED) is 0.857. The van der Waals surface area contributed by atoms with Gasteiger partial charge in [0, 0.05) is 16.2 Å². The number of nitrogens with one attached hydrogen (secondary N) is 1. The Morgan fingerprint density at radius 1 is 1.38 bits per heavy atom. The molecule has 1 aromatic rings. The molecule has 1 aliphatic carbocycles. The van der Waals surface area contributed by atoms with Gasteiger partial charge in [-0.3, -0.25) is 0 Å². The van der Waals surface area contributed by atoms with Gasteiger partial charge in [-0.15, -0.1) is 11.8 Å². The normalized spacial score (nSPS) is 25.4. The summed E-state index contributed by atoms with van der Waals surface area (Å²) in [4.78, 5) is 1.51. The van der Waals surface area contributed by atoms with Crippen molar-refractivity contribution in [3.8, 4) is 0 Å². The van der Waals surface area contributed by atoms with Crippen molar-refractivity contribution in [2.24, 2.45) is 5.92 Å². The van der Waals surface area contributed by atoms with Crippen LogP contribution >= 0.6 is 11.8 Å². The molecule has 2 heteroatoms. The monoisotopic (exact) mass is 233 g/mol. The fraction of sp³-hybridized carbons (Fsp3) is 0.571. The van der Waals surface area contributed by atoms with Gasteiger partial charge < -0.3 is 5.32 Å². The van der Waals surface area contributed by atoms with Gasteiger partial charge in [-0.1, -0.05) is 25.1 Å². The van der Waals surface area contributed by atoms with E-state index in [1.807, 2.05) is 0 Å². The summed E-state index contributed by atoms with van der Waals surface area (Å²) in [6, 6.07) is 9.63. The Kier molecular flexibility index (Phi) is 2.95. The van der Waals surface area contributed by atoms with E-state index in [2.05, 4.69) is 48.3 Å². The molecule has 2 atom stereocenters. The van der Waals surface area contributed by atoms with Gasteiger partial charge in [0.15, 0.2) is 0 Å². The standard InChI is InChI=1S/C14H19NS/c1-2-15-14(10-7-8-10)13-9-11-5-3-4-6-12(11)16-13/h3-6,10,13-15H,2,7-9H2,1H3. The third-order valence-electron chi connectivity index (χ3n) is 3.64. The van der Waals surface area contributed by atoms with Crippen molar-refractivity contribution < 1.29 is 0 Å². The van der Waals surface area contributed by atoms with Gasteiger partial charge in [-0.05, 0) is 43.4 Å². The van der Waals surface area contributed by atoms with E-state index in [4.69, 9.17) is 0 Å². The average Bonchev–Trinajstić information content (AvgIpc) is 3.04. The second-order valence-electron chi connectivity index (χ2n) is 4.89. The zero-order valence-corrected chi connectivity index (χ0v) is 10.6. The van der Waals surface area contributed by atoms with Gasteiger partial charge in [0.1, 0.15) is 0 Å². The van der Waals surface area contributed by atoms with Crippen LogP contribution in [0.2, 0.25) is 0 Å². The average molecular weight is 233 g/mol. The van der Waals surface area contributed by atoms with Crippen LogP contribution in [0.4, 0.5) is 0 Å². The predicted octanol–water partition coefficient (Wildman–Crippen LogP) is 3.09. The van der Waals surface area contributed by atoms with Crippen LogP contribution in [0.3, 0.4) is 0 Å². The van der Waals surface area contributed by atoms with Crippen LogP contribution in [0.1, 0.15) is 25.3 Å². The van der Waals surface area contributed by atoms with Crippen molar-refractivity contribution in [3.05, 3.63) is 29.8 Å². The van der Waals surface area contributed by atoms with E-state index in [9.17, 15) is 0 Å². The van der Waals surface area contributed by atoms with Crippen molar-refractivity contribution in [1.29, 1.82) is 0 Å². The maximum absolute atomic E-state index is 3.70. The van der Waals surface area contributed by atoms with Crippen LogP contribution in [0.25, 0.3) is 0 Å². The Bertz CT molecular complexity index is 348. The first-order chi connectivity index (χ1) is 7.88. The van der Waals surface area contributed by atoms with Gasteiger partial charge in [0.25, 0.3) is 0 Å². The summed E-state index contributed by atoms with van der Waals surface area (Å²) in [5, 5.41) is 4.47. The minimum absolute atomic E-state index is 0.738. The van der Waals surface area contributed by atoms with Gasteiger partial charge in [-0.2, -0.15) is 0 Å². The van der Waals surface area contributed by atoms with Crippen LogP contribution in [0, 0.1) is 5.92 Å². The predicted molar refractivity (Wildman–Crippen MR) is 70.0 cm³/mol. The van der Waals surface area contributed by atoms with Crippen molar-refractivity contribution in [1.82, 2.24) is 5.32 Å². The molecular formula is C14H19NS. The highest BCUT2D eigenvalue weighted by molar-refractivity contribution is 8.00. The summed E-state index contributed by atoms with van der Waals surface area (Å²) in [5.74, 6) is 0.951. The molecule has 0 spiro atoms. The van der Waals surface area contributed by atoms with Crippen LogP contribution in [-0.4, -0.2) is 17.8 Å². The van der Waals surface area contributed by atoms with E-state index in [0.29, 0.717) is 0 Å². The minimum atomic E-state index is 0.738. The van der Waals surface area contributed by atoms with Crippen molar-refractivity contribution >= 4 is 11.8 Å². The molecule has 1 aliphatic heterocycles. The van der Waals surface area contributed by atoms with Crippen LogP contribution < -0.4 is 5.32 Å². The highest BCUT2D eigenvalue weighted by Crippen LogP contribution is 2.44. The summed E-state index contributed by atoms with van der Waals surface area (Å²) < 4.78 is 0. The molecule has 0 amide bonds. The van der Waals surface area contributed by atoms with Crippen molar-refractivity contribution in [3.63, 3.8) is 0 Å². The third-order valence-corrected chi connectivity index (χ3v) is 5.06. The first kappa shape index (κ1) is 10.7. The SMILES string of the molecule is CCNC(C1CC1)C1Cc2ccccc2S1. The Morgan fingerprint density at radius 3 is 2.88 bits per heavy atom. The Hall–Kier alpha value is -0.470. The molecule has 0 saturated heterocycles. The van der Waals surface area contributed by atoms with Gasteiger partial charge in [0.2, 0.25) is 0 Å². The Labute approximate surface area is 102 Å². The molecule has 0 aromatic heterocycles. The lowest BCUT2D eigenvalue weighted by molar-refractivity contribution is 0.460. The topological polar surface area (TPSA) is 12.0 Å². The summed E-state index contributed by atoms with van der Waals surface area (Å²) in [7, 11) is 0. The number of hydrogen-bond acceptors (Lipinski definition) is 2. The highest BCUT2D eigenvalue weighted by atomic mass is 32.2. The zero-order valence-electron chi connectivity index (χ0n) is 9.78. The number of fused-ring (bicyclic) bond motifs is 1.